The van der Waals surface area contributed by atoms with Gasteiger partial charge in [-0.25, -0.2) is 0 Å². The Morgan fingerprint density at radius 3 is 2.95 bits per heavy atom. The van der Waals surface area contributed by atoms with E-state index in [0.29, 0.717) is 6.61 Å². The normalized spacial score (nSPS) is 23.9. The monoisotopic (exact) mass is 259 g/mol. The Morgan fingerprint density at radius 1 is 1.47 bits per heavy atom. The van der Waals surface area contributed by atoms with Gasteiger partial charge in [0.25, 0.3) is 0 Å². The van der Waals surface area contributed by atoms with Crippen molar-refractivity contribution in [3.63, 3.8) is 0 Å². The van der Waals surface area contributed by atoms with Gasteiger partial charge in [-0.2, -0.15) is 0 Å². The van der Waals surface area contributed by atoms with Crippen molar-refractivity contribution in [1.29, 1.82) is 5.41 Å². The van der Waals surface area contributed by atoms with Gasteiger partial charge in [-0.3, -0.25) is 0 Å². The molecule has 0 radical (unpaired) electrons. The molecule has 1 aliphatic rings. The molecule has 102 valence electrons. The topological polar surface area (TPSA) is 57.1 Å². The highest BCUT2D eigenvalue weighted by atomic mass is 16.5. The number of ether oxygens (including phenoxy) is 1. The standard InChI is InChI=1S/C15H21N3O/c1-12-15(19-8-7-18-12)14(9-16)11-17-10-13-5-3-2-4-6-13/h2-6,9,11-12,15-18H,7-8,10H2,1H3/b14-11+,16-9?. The van der Waals surface area contributed by atoms with E-state index in [1.165, 1.54) is 11.8 Å². The van der Waals surface area contributed by atoms with E-state index >= 15 is 0 Å². The zero-order chi connectivity index (χ0) is 13.5. The number of morpholine rings is 1. The van der Waals surface area contributed by atoms with Crippen molar-refractivity contribution in [2.75, 3.05) is 13.2 Å². The van der Waals surface area contributed by atoms with Crippen LogP contribution >= 0.6 is 0 Å². The maximum absolute atomic E-state index is 7.53. The van der Waals surface area contributed by atoms with Gasteiger partial charge in [0.2, 0.25) is 0 Å². The molecule has 1 aliphatic heterocycles. The van der Waals surface area contributed by atoms with Crippen LogP contribution < -0.4 is 10.6 Å². The minimum absolute atomic E-state index is 0.0467. The lowest BCUT2D eigenvalue weighted by molar-refractivity contribution is 0.0278. The van der Waals surface area contributed by atoms with E-state index in [-0.39, 0.29) is 12.1 Å². The lowest BCUT2D eigenvalue weighted by atomic mass is 10.0. The highest BCUT2D eigenvalue weighted by molar-refractivity contribution is 5.77. The van der Waals surface area contributed by atoms with Gasteiger partial charge >= 0.3 is 0 Å². The lowest BCUT2D eigenvalue weighted by Crippen LogP contribution is -2.47. The van der Waals surface area contributed by atoms with E-state index in [9.17, 15) is 0 Å². The predicted molar refractivity (Wildman–Crippen MR) is 77.4 cm³/mol. The lowest BCUT2D eigenvalue weighted by Gasteiger charge is -2.30. The highest BCUT2D eigenvalue weighted by Gasteiger charge is 2.24. The molecule has 0 aliphatic carbocycles. The van der Waals surface area contributed by atoms with Crippen LogP contribution in [0.25, 0.3) is 0 Å². The molecule has 2 unspecified atom stereocenters. The summed E-state index contributed by atoms with van der Waals surface area (Å²) in [7, 11) is 0. The predicted octanol–water partition coefficient (Wildman–Crippen LogP) is 1.69. The highest BCUT2D eigenvalue weighted by Crippen LogP contribution is 2.12. The second kappa shape index (κ2) is 7.07. The summed E-state index contributed by atoms with van der Waals surface area (Å²) in [5.74, 6) is 0. The fourth-order valence-corrected chi connectivity index (χ4v) is 2.20. The van der Waals surface area contributed by atoms with Crippen LogP contribution in [-0.4, -0.2) is 31.5 Å². The van der Waals surface area contributed by atoms with Crippen molar-refractivity contribution in [3.8, 4) is 0 Å². The summed E-state index contributed by atoms with van der Waals surface area (Å²) in [6, 6.07) is 10.4. The molecular weight excluding hydrogens is 238 g/mol. The first-order valence-corrected chi connectivity index (χ1v) is 6.64. The number of nitrogens with one attached hydrogen (secondary N) is 3. The van der Waals surface area contributed by atoms with Gasteiger partial charge in [0.05, 0.1) is 6.61 Å². The van der Waals surface area contributed by atoms with Gasteiger partial charge in [0.15, 0.2) is 0 Å². The summed E-state index contributed by atoms with van der Waals surface area (Å²) in [5.41, 5.74) is 2.09. The van der Waals surface area contributed by atoms with Crippen molar-refractivity contribution in [2.45, 2.75) is 25.6 Å². The van der Waals surface area contributed by atoms with Gasteiger partial charge in [-0.05, 0) is 12.5 Å². The summed E-state index contributed by atoms with van der Waals surface area (Å²) >= 11 is 0. The first-order chi connectivity index (χ1) is 9.31. The van der Waals surface area contributed by atoms with Crippen LogP contribution in [0.3, 0.4) is 0 Å². The molecule has 0 saturated carbocycles. The summed E-state index contributed by atoms with van der Waals surface area (Å²) in [6.45, 7) is 4.41. The molecule has 0 aromatic heterocycles. The van der Waals surface area contributed by atoms with E-state index < -0.39 is 0 Å². The molecule has 1 saturated heterocycles. The number of benzene rings is 1. The largest absolute Gasteiger partial charge is 0.386 e. The van der Waals surface area contributed by atoms with Crippen molar-refractivity contribution in [3.05, 3.63) is 47.7 Å². The van der Waals surface area contributed by atoms with Gasteiger partial charge < -0.3 is 20.8 Å². The molecule has 3 N–H and O–H groups in total. The van der Waals surface area contributed by atoms with Crippen molar-refractivity contribution in [1.82, 2.24) is 10.6 Å². The molecule has 19 heavy (non-hydrogen) atoms. The Hall–Kier alpha value is -1.65. The van der Waals surface area contributed by atoms with Gasteiger partial charge in [0.1, 0.15) is 6.10 Å². The third-order valence-electron chi connectivity index (χ3n) is 3.23. The quantitative estimate of drug-likeness (QED) is 0.705. The van der Waals surface area contributed by atoms with E-state index in [1.54, 1.807) is 0 Å². The van der Waals surface area contributed by atoms with Crippen LogP contribution in [0.15, 0.2) is 42.1 Å². The molecule has 2 rings (SSSR count). The smallest absolute Gasteiger partial charge is 0.100 e. The Bertz CT molecular complexity index is 430. The zero-order valence-corrected chi connectivity index (χ0v) is 11.2. The number of hydrogen-bond donors (Lipinski definition) is 3. The minimum Gasteiger partial charge on any atom is -0.386 e. The average molecular weight is 259 g/mol. The van der Waals surface area contributed by atoms with E-state index in [2.05, 4.69) is 29.7 Å². The Kier molecular flexibility index (Phi) is 5.12. The van der Waals surface area contributed by atoms with Crippen molar-refractivity contribution < 1.29 is 4.74 Å². The van der Waals surface area contributed by atoms with Crippen LogP contribution in [0.5, 0.6) is 0 Å². The molecule has 4 heteroatoms. The molecule has 1 fully saturated rings. The maximum Gasteiger partial charge on any atom is 0.100 e. The number of hydrogen-bond acceptors (Lipinski definition) is 4. The zero-order valence-electron chi connectivity index (χ0n) is 11.2. The molecule has 0 spiro atoms. The van der Waals surface area contributed by atoms with Crippen LogP contribution in [0.1, 0.15) is 12.5 Å². The second-order valence-corrected chi connectivity index (χ2v) is 4.69. The fourth-order valence-electron chi connectivity index (χ4n) is 2.20. The van der Waals surface area contributed by atoms with E-state index in [0.717, 1.165) is 18.7 Å². The number of rotatable bonds is 5. The summed E-state index contributed by atoms with van der Waals surface area (Å²) < 4.78 is 5.72. The molecular formula is C15H21N3O. The maximum atomic E-state index is 7.53. The SMILES string of the molecule is CC1NCCOC1/C(C=N)=C/NCc1ccccc1. The first-order valence-electron chi connectivity index (χ1n) is 6.64. The van der Waals surface area contributed by atoms with Crippen LogP contribution in [-0.2, 0) is 11.3 Å². The Balaban J connectivity index is 1.93. The van der Waals surface area contributed by atoms with Crippen LogP contribution in [0.2, 0.25) is 0 Å². The molecule has 0 amide bonds. The van der Waals surface area contributed by atoms with Gasteiger partial charge in [-0.1, -0.05) is 30.3 Å². The molecule has 4 nitrogen and oxygen atoms in total. The first kappa shape index (κ1) is 13.8. The van der Waals surface area contributed by atoms with Crippen molar-refractivity contribution >= 4 is 6.21 Å². The van der Waals surface area contributed by atoms with E-state index in [4.69, 9.17) is 10.1 Å². The fraction of sp³-hybridized carbons (Fsp3) is 0.400. The summed E-state index contributed by atoms with van der Waals surface area (Å²) in [4.78, 5) is 0. The second-order valence-electron chi connectivity index (χ2n) is 4.69. The Morgan fingerprint density at radius 2 is 2.26 bits per heavy atom. The summed E-state index contributed by atoms with van der Waals surface area (Å²) in [6.07, 6.45) is 3.20. The molecule has 2 atom stereocenters. The minimum atomic E-state index is -0.0467. The third-order valence-corrected chi connectivity index (χ3v) is 3.23. The molecule has 0 bridgehead atoms. The van der Waals surface area contributed by atoms with Gasteiger partial charge in [0, 0.05) is 37.1 Å². The summed E-state index contributed by atoms with van der Waals surface area (Å²) in [5, 5.41) is 14.1. The van der Waals surface area contributed by atoms with E-state index in [1.807, 2.05) is 24.4 Å². The molecule has 1 aromatic carbocycles. The van der Waals surface area contributed by atoms with Gasteiger partial charge in [-0.15, -0.1) is 0 Å². The third kappa shape index (κ3) is 3.91. The average Bonchev–Trinajstić information content (AvgIpc) is 2.46. The van der Waals surface area contributed by atoms with Crippen molar-refractivity contribution in [2.24, 2.45) is 0 Å². The molecule has 1 heterocycles. The molecule has 1 aromatic rings. The van der Waals surface area contributed by atoms with Crippen LogP contribution in [0, 0.1) is 5.41 Å². The Labute approximate surface area is 114 Å². The van der Waals surface area contributed by atoms with Crippen LogP contribution in [0.4, 0.5) is 0 Å².